The number of thioether (sulfide) groups is 1. The Labute approximate surface area is 264 Å². The van der Waals surface area contributed by atoms with Gasteiger partial charge in [0.2, 0.25) is 17.7 Å². The molecule has 0 spiro atoms. The molecule has 3 rings (SSSR count). The van der Waals surface area contributed by atoms with Gasteiger partial charge in [0.1, 0.15) is 23.8 Å². The summed E-state index contributed by atoms with van der Waals surface area (Å²) in [6.07, 6.45) is -1.05. The van der Waals surface area contributed by atoms with Gasteiger partial charge in [-0.2, -0.15) is 0 Å². The number of ketones is 1. The molecule has 4 N–H and O–H groups in total. The lowest BCUT2D eigenvalue weighted by atomic mass is 9.85. The minimum absolute atomic E-state index is 0.0747. The van der Waals surface area contributed by atoms with E-state index in [4.69, 9.17) is 21.2 Å². The Bertz CT molecular complexity index is 1410. The summed E-state index contributed by atoms with van der Waals surface area (Å²) in [5, 5.41) is 14.9. The third kappa shape index (κ3) is 9.66. The number of methoxy groups -OCH3 is 1. The van der Waals surface area contributed by atoms with E-state index >= 15 is 0 Å². The fourth-order valence-corrected chi connectivity index (χ4v) is 5.62. The first-order chi connectivity index (χ1) is 20.7. The number of halogens is 2. The summed E-state index contributed by atoms with van der Waals surface area (Å²) >= 11 is 7.09. The highest BCUT2D eigenvalue weighted by Crippen LogP contribution is 2.26. The highest BCUT2D eigenvalue weighted by molar-refractivity contribution is 7.99. The van der Waals surface area contributed by atoms with Crippen LogP contribution in [0.5, 0.6) is 5.75 Å². The molecule has 14 heteroatoms. The van der Waals surface area contributed by atoms with Crippen LogP contribution < -0.4 is 20.9 Å². The molecule has 2 aromatic carbocycles. The summed E-state index contributed by atoms with van der Waals surface area (Å²) in [4.78, 5) is 60.9. The van der Waals surface area contributed by atoms with E-state index in [2.05, 4.69) is 21.1 Å². The van der Waals surface area contributed by atoms with Crippen molar-refractivity contribution in [2.75, 3.05) is 12.9 Å². The predicted molar refractivity (Wildman–Crippen MR) is 165 cm³/mol. The number of aliphatic imine (C=N–C) groups is 1. The van der Waals surface area contributed by atoms with Gasteiger partial charge in [0, 0.05) is 27.5 Å². The fraction of sp³-hybridized carbons (Fsp3) is 0.433. The van der Waals surface area contributed by atoms with Crippen LogP contribution in [0.4, 0.5) is 4.39 Å². The van der Waals surface area contributed by atoms with Crippen molar-refractivity contribution in [3.63, 3.8) is 0 Å². The van der Waals surface area contributed by atoms with Gasteiger partial charge in [-0.1, -0.05) is 38.4 Å². The van der Waals surface area contributed by atoms with Crippen LogP contribution in [-0.2, 0) is 36.2 Å². The van der Waals surface area contributed by atoms with E-state index in [0.717, 1.165) is 11.8 Å². The molecule has 0 fully saturated rings. The molecular weight excluding hydrogens is 615 g/mol. The molecule has 0 saturated carbocycles. The molecule has 0 saturated heterocycles. The zero-order valence-electron chi connectivity index (χ0n) is 25.0. The third-order valence-electron chi connectivity index (χ3n) is 6.59. The lowest BCUT2D eigenvalue weighted by Crippen LogP contribution is -2.57. The zero-order chi connectivity index (χ0) is 32.6. The van der Waals surface area contributed by atoms with Crippen molar-refractivity contribution in [2.24, 2.45) is 10.4 Å². The second-order valence-electron chi connectivity index (χ2n) is 11.2. The summed E-state index contributed by atoms with van der Waals surface area (Å²) < 4.78 is 19.5. The minimum Gasteiger partial charge on any atom is -0.496 e. The van der Waals surface area contributed by atoms with E-state index in [-0.39, 0.29) is 34.7 Å². The summed E-state index contributed by atoms with van der Waals surface area (Å²) in [7, 11) is 1.47. The first-order valence-corrected chi connectivity index (χ1v) is 15.2. The van der Waals surface area contributed by atoms with Gasteiger partial charge in [-0.05, 0) is 42.7 Å². The molecule has 1 heterocycles. The average molecular weight is 651 g/mol. The molecule has 3 atom stereocenters. The summed E-state index contributed by atoms with van der Waals surface area (Å²) in [6.45, 7) is 7.00. The third-order valence-corrected chi connectivity index (χ3v) is 7.92. The number of hydroxylamine groups is 1. The molecule has 238 valence electrons. The molecule has 1 aliphatic heterocycles. The number of hydrogen-bond donors (Lipinski definition) is 4. The quantitative estimate of drug-likeness (QED) is 0.240. The summed E-state index contributed by atoms with van der Waals surface area (Å²) in [5.41, 5.74) is 3.28. The van der Waals surface area contributed by atoms with Crippen LogP contribution in [0.25, 0.3) is 0 Å². The van der Waals surface area contributed by atoms with Crippen LogP contribution in [0.15, 0.2) is 41.4 Å². The molecule has 0 aliphatic carbocycles. The van der Waals surface area contributed by atoms with E-state index in [1.807, 2.05) is 6.92 Å². The van der Waals surface area contributed by atoms with Crippen LogP contribution >= 0.6 is 23.4 Å². The number of amides is 2. The van der Waals surface area contributed by atoms with Gasteiger partial charge >= 0.3 is 5.97 Å². The lowest BCUT2D eigenvalue weighted by molar-refractivity contribution is -0.140. The largest absolute Gasteiger partial charge is 0.496 e. The first kappa shape index (κ1) is 34.8. The molecule has 2 amide bonds. The number of carboxylic acid groups (broad SMARTS) is 1. The Kier molecular flexibility index (Phi) is 12.1. The first-order valence-electron chi connectivity index (χ1n) is 13.7. The molecule has 2 aromatic rings. The highest BCUT2D eigenvalue weighted by atomic mass is 35.5. The SMILES string of the molecule is COc1ccc(C2=N[C@H](C)NO2)cc1CC(=O)N[C@H](C(=O)NC(CC(=O)O)C(=O)CSCc1c(F)cccc1Cl)C(C)(C)C. The zero-order valence-corrected chi connectivity index (χ0v) is 26.6. The Morgan fingerprint density at radius 3 is 2.52 bits per heavy atom. The number of ether oxygens (including phenoxy) is 1. The number of carboxylic acids is 1. The number of nitrogens with one attached hydrogen (secondary N) is 3. The standard InChI is InChI=1S/C30H36ClFN4O7S/c1-16-33-29(43-36-16)17-9-10-24(42-5)18(11-17)12-25(38)35-27(30(2,3)4)28(41)34-22(13-26(39)40)23(37)15-44-14-19-20(31)7-6-8-21(19)32/h6-11,16,22,27,36H,12-15H2,1-5H3,(H,34,41)(H,35,38)(H,39,40)/t16-,22?,27+/m0/s1. The van der Waals surface area contributed by atoms with Gasteiger partial charge in [-0.25, -0.2) is 9.38 Å². The van der Waals surface area contributed by atoms with E-state index < -0.39 is 53.3 Å². The van der Waals surface area contributed by atoms with Crippen LogP contribution in [0.1, 0.15) is 50.8 Å². The molecule has 0 bridgehead atoms. The average Bonchev–Trinajstić information content (AvgIpc) is 3.38. The van der Waals surface area contributed by atoms with Crippen molar-refractivity contribution >= 4 is 52.8 Å². The number of Topliss-reactive ketones (excluding diaryl/α,β-unsaturated/α-hetero) is 1. The van der Waals surface area contributed by atoms with Crippen molar-refractivity contribution in [2.45, 2.75) is 64.5 Å². The number of rotatable bonds is 14. The number of aliphatic carboxylic acids is 1. The molecule has 0 aromatic heterocycles. The second kappa shape index (κ2) is 15.4. The lowest BCUT2D eigenvalue weighted by Gasteiger charge is -2.31. The van der Waals surface area contributed by atoms with Crippen molar-refractivity contribution < 1.29 is 38.2 Å². The smallest absolute Gasteiger partial charge is 0.305 e. The summed E-state index contributed by atoms with van der Waals surface area (Å²) in [5.74, 6) is -2.93. The molecule has 1 unspecified atom stereocenters. The van der Waals surface area contributed by atoms with Crippen LogP contribution in [-0.4, -0.2) is 65.7 Å². The van der Waals surface area contributed by atoms with Gasteiger partial charge in [0.25, 0.3) is 0 Å². The van der Waals surface area contributed by atoms with Gasteiger partial charge in [-0.3, -0.25) is 19.2 Å². The Balaban J connectivity index is 1.71. The number of benzene rings is 2. The van der Waals surface area contributed by atoms with Crippen molar-refractivity contribution in [1.82, 2.24) is 16.1 Å². The minimum atomic E-state index is -1.37. The topological polar surface area (TPSA) is 155 Å². The van der Waals surface area contributed by atoms with Gasteiger partial charge in [0.15, 0.2) is 5.78 Å². The molecule has 44 heavy (non-hydrogen) atoms. The van der Waals surface area contributed by atoms with Gasteiger partial charge in [-0.15, -0.1) is 17.2 Å². The van der Waals surface area contributed by atoms with Crippen LogP contribution in [0.2, 0.25) is 5.02 Å². The predicted octanol–water partition coefficient (Wildman–Crippen LogP) is 3.65. The molecule has 11 nitrogen and oxygen atoms in total. The van der Waals surface area contributed by atoms with Crippen molar-refractivity contribution in [3.05, 3.63) is 63.9 Å². The normalized spacial score (nSPS) is 15.9. The maximum absolute atomic E-state index is 14.1. The van der Waals surface area contributed by atoms with E-state index in [0.29, 0.717) is 22.8 Å². The number of carbonyl (C=O) groups excluding carboxylic acids is 3. The van der Waals surface area contributed by atoms with Crippen molar-refractivity contribution in [3.8, 4) is 5.75 Å². The number of hydrogen-bond acceptors (Lipinski definition) is 9. The molecule has 0 radical (unpaired) electrons. The van der Waals surface area contributed by atoms with E-state index in [1.54, 1.807) is 39.0 Å². The fourth-order valence-electron chi connectivity index (χ4n) is 4.31. The van der Waals surface area contributed by atoms with Crippen LogP contribution in [0, 0.1) is 11.2 Å². The monoisotopic (exact) mass is 650 g/mol. The number of nitrogens with zero attached hydrogens (tertiary/aromatic N) is 1. The molecular formula is C30H36ClFN4O7S. The van der Waals surface area contributed by atoms with E-state index in [1.165, 1.54) is 25.3 Å². The maximum atomic E-state index is 14.1. The van der Waals surface area contributed by atoms with Gasteiger partial charge in [0.05, 0.1) is 31.7 Å². The second-order valence-corrected chi connectivity index (χ2v) is 12.6. The number of carbonyl (C=O) groups is 4. The van der Waals surface area contributed by atoms with E-state index in [9.17, 15) is 28.7 Å². The van der Waals surface area contributed by atoms with Crippen LogP contribution in [0.3, 0.4) is 0 Å². The maximum Gasteiger partial charge on any atom is 0.305 e. The summed E-state index contributed by atoms with van der Waals surface area (Å²) in [6, 6.07) is 6.88. The Hall–Kier alpha value is -3.68. The van der Waals surface area contributed by atoms with Crippen molar-refractivity contribution in [1.29, 1.82) is 0 Å². The highest BCUT2D eigenvalue weighted by Gasteiger charge is 2.35. The molecule has 1 aliphatic rings. The Morgan fingerprint density at radius 2 is 1.93 bits per heavy atom. The Morgan fingerprint density at radius 1 is 1.20 bits per heavy atom. The van der Waals surface area contributed by atoms with Gasteiger partial charge < -0.3 is 25.3 Å².